The first kappa shape index (κ1) is 16.5. The lowest BCUT2D eigenvalue weighted by molar-refractivity contribution is 0.0698. The van der Waals surface area contributed by atoms with Crippen molar-refractivity contribution in [3.8, 4) is 0 Å². The molecule has 0 aliphatic carbocycles. The van der Waals surface area contributed by atoms with Crippen LogP contribution in [0.25, 0.3) is 11.0 Å². The van der Waals surface area contributed by atoms with Crippen molar-refractivity contribution in [2.45, 2.75) is 38.8 Å². The molecule has 6 nitrogen and oxygen atoms in total. The minimum Gasteiger partial charge on any atom is -0.478 e. The quantitative estimate of drug-likeness (QED) is 0.840. The Morgan fingerprint density at radius 3 is 2.80 bits per heavy atom. The number of rotatable bonds is 6. The number of carbonyl (C=O) groups is 1. The number of aryl methyl sites for hydroxylation is 1. The molecular weight excluding hydrogens is 316 g/mol. The van der Waals surface area contributed by atoms with E-state index in [4.69, 9.17) is 0 Å². The summed E-state index contributed by atoms with van der Waals surface area (Å²) < 4.78 is 2.09. The molecule has 3 saturated heterocycles. The van der Waals surface area contributed by atoms with E-state index >= 15 is 0 Å². The highest BCUT2D eigenvalue weighted by Crippen LogP contribution is 2.27. The van der Waals surface area contributed by atoms with E-state index in [1.165, 1.54) is 25.9 Å². The molecule has 0 saturated carbocycles. The van der Waals surface area contributed by atoms with Crippen LogP contribution in [0.4, 0.5) is 0 Å². The Hall–Kier alpha value is -1.92. The van der Waals surface area contributed by atoms with Crippen LogP contribution in [-0.2, 0) is 13.0 Å². The van der Waals surface area contributed by atoms with Gasteiger partial charge in [-0.2, -0.15) is 0 Å². The number of para-hydroxylation sites is 1. The van der Waals surface area contributed by atoms with Crippen LogP contribution in [0.3, 0.4) is 0 Å². The molecule has 5 rings (SSSR count). The van der Waals surface area contributed by atoms with Crippen LogP contribution in [0.2, 0.25) is 0 Å². The predicted molar refractivity (Wildman–Crippen MR) is 97.0 cm³/mol. The van der Waals surface area contributed by atoms with Gasteiger partial charge in [-0.3, -0.25) is 0 Å². The summed E-state index contributed by atoms with van der Waals surface area (Å²) in [5.41, 5.74) is 1.87. The fraction of sp³-hybridized carbons (Fsp3) is 0.579. The molecule has 3 fully saturated rings. The molecule has 1 unspecified atom stereocenters. The van der Waals surface area contributed by atoms with Gasteiger partial charge in [-0.05, 0) is 44.0 Å². The molecule has 25 heavy (non-hydrogen) atoms. The Kier molecular flexibility index (Phi) is 4.48. The Morgan fingerprint density at radius 2 is 2.16 bits per heavy atom. The highest BCUT2D eigenvalue weighted by atomic mass is 16.4. The fourth-order valence-corrected chi connectivity index (χ4v) is 4.48. The zero-order valence-corrected chi connectivity index (χ0v) is 14.7. The maximum Gasteiger partial charge on any atom is 0.337 e. The van der Waals surface area contributed by atoms with E-state index in [-0.39, 0.29) is 0 Å². The number of fused-ring (bicyclic) bond motifs is 4. The summed E-state index contributed by atoms with van der Waals surface area (Å²) in [6.45, 7) is 7.32. The van der Waals surface area contributed by atoms with Crippen LogP contribution >= 0.6 is 0 Å². The van der Waals surface area contributed by atoms with Gasteiger partial charge in [0.2, 0.25) is 0 Å². The molecule has 0 radical (unpaired) electrons. The first-order chi connectivity index (χ1) is 12.2. The summed E-state index contributed by atoms with van der Waals surface area (Å²) in [7, 11) is 0. The third-order valence-corrected chi connectivity index (χ3v) is 5.79. The van der Waals surface area contributed by atoms with E-state index < -0.39 is 5.97 Å². The van der Waals surface area contributed by atoms with Crippen molar-refractivity contribution in [1.82, 2.24) is 19.8 Å². The normalized spacial score (nSPS) is 25.6. The highest BCUT2D eigenvalue weighted by molar-refractivity contribution is 6.01. The van der Waals surface area contributed by atoms with Crippen LogP contribution < -0.4 is 5.32 Å². The molecule has 2 bridgehead atoms. The van der Waals surface area contributed by atoms with Crippen molar-refractivity contribution in [3.05, 3.63) is 29.6 Å². The van der Waals surface area contributed by atoms with Gasteiger partial charge < -0.3 is 19.9 Å². The van der Waals surface area contributed by atoms with Crippen LogP contribution in [0.5, 0.6) is 0 Å². The zero-order chi connectivity index (χ0) is 17.4. The number of nitrogens with zero attached hydrogens (tertiary/aromatic N) is 3. The second kappa shape index (κ2) is 6.77. The topological polar surface area (TPSA) is 70.4 Å². The van der Waals surface area contributed by atoms with E-state index in [0.717, 1.165) is 48.8 Å². The average Bonchev–Trinajstić information content (AvgIpc) is 3.00. The molecule has 2 N–H and O–H groups in total. The van der Waals surface area contributed by atoms with Crippen LogP contribution in [0.15, 0.2) is 18.2 Å². The van der Waals surface area contributed by atoms with Gasteiger partial charge in [0, 0.05) is 32.1 Å². The van der Waals surface area contributed by atoms with Crippen molar-refractivity contribution in [3.63, 3.8) is 0 Å². The first-order valence-corrected chi connectivity index (χ1v) is 9.34. The number of hydrogen-bond acceptors (Lipinski definition) is 4. The largest absolute Gasteiger partial charge is 0.478 e. The number of aromatic carboxylic acids is 1. The number of aromatic nitrogens is 2. The number of benzene rings is 1. The number of piperidine rings is 3. The third-order valence-electron chi connectivity index (χ3n) is 5.79. The predicted octanol–water partition coefficient (Wildman–Crippen LogP) is 1.98. The zero-order valence-electron chi connectivity index (χ0n) is 14.7. The lowest BCUT2D eigenvalue weighted by Gasteiger charge is -2.45. The minimum absolute atomic E-state index is 0.340. The van der Waals surface area contributed by atoms with E-state index in [0.29, 0.717) is 11.6 Å². The smallest absolute Gasteiger partial charge is 0.337 e. The lowest BCUT2D eigenvalue weighted by Crippen LogP contribution is -2.56. The van der Waals surface area contributed by atoms with E-state index in [9.17, 15) is 9.90 Å². The highest BCUT2D eigenvalue weighted by Gasteiger charge is 2.33. The number of imidazole rings is 1. The summed E-state index contributed by atoms with van der Waals surface area (Å²) in [6, 6.07) is 5.91. The van der Waals surface area contributed by atoms with E-state index in [1.54, 1.807) is 12.1 Å². The van der Waals surface area contributed by atoms with Crippen LogP contribution in [0.1, 0.15) is 35.9 Å². The molecule has 3 aliphatic rings. The molecule has 4 heterocycles. The molecule has 1 atom stereocenters. The molecular formula is C19H26N4O2. The van der Waals surface area contributed by atoms with Gasteiger partial charge in [0.15, 0.2) is 0 Å². The van der Waals surface area contributed by atoms with Crippen LogP contribution in [-0.4, -0.2) is 57.7 Å². The Labute approximate surface area is 147 Å². The maximum absolute atomic E-state index is 11.6. The van der Waals surface area contributed by atoms with Crippen molar-refractivity contribution in [2.75, 3.05) is 26.2 Å². The Bertz CT molecular complexity index is 777. The molecule has 2 aromatic rings. The van der Waals surface area contributed by atoms with Gasteiger partial charge in [0.05, 0.1) is 16.6 Å². The summed E-state index contributed by atoms with van der Waals surface area (Å²) in [5.74, 6) is 0.865. The van der Waals surface area contributed by atoms with Crippen molar-refractivity contribution in [1.29, 1.82) is 0 Å². The van der Waals surface area contributed by atoms with Gasteiger partial charge in [-0.15, -0.1) is 0 Å². The Morgan fingerprint density at radius 1 is 1.36 bits per heavy atom. The minimum atomic E-state index is -0.889. The molecule has 6 heteroatoms. The van der Waals surface area contributed by atoms with Crippen molar-refractivity contribution in [2.24, 2.45) is 5.92 Å². The summed E-state index contributed by atoms with van der Waals surface area (Å²) in [5, 5.41) is 13.2. The standard InChI is InChI=1S/C19H26N4O2/c1-2-17-21-15-5-3-4-14(19(24)25)18(15)23(17)11-8-20-16-12-22-9-6-13(16)7-10-22/h3-5,13,16,20H,2,6-12H2,1H3,(H,24,25). The first-order valence-electron chi connectivity index (χ1n) is 9.34. The molecule has 3 aliphatic heterocycles. The van der Waals surface area contributed by atoms with Crippen molar-refractivity contribution >= 4 is 17.0 Å². The average molecular weight is 342 g/mol. The monoisotopic (exact) mass is 342 g/mol. The summed E-state index contributed by atoms with van der Waals surface area (Å²) in [6.07, 6.45) is 3.40. The van der Waals surface area contributed by atoms with E-state index in [1.807, 2.05) is 6.07 Å². The number of carboxylic acid groups (broad SMARTS) is 1. The fourth-order valence-electron chi connectivity index (χ4n) is 4.48. The van der Waals surface area contributed by atoms with E-state index in [2.05, 4.69) is 26.7 Å². The lowest BCUT2D eigenvalue weighted by atomic mass is 9.84. The Balaban J connectivity index is 1.53. The van der Waals surface area contributed by atoms with Gasteiger partial charge in [0.25, 0.3) is 0 Å². The van der Waals surface area contributed by atoms with Gasteiger partial charge in [-0.25, -0.2) is 9.78 Å². The van der Waals surface area contributed by atoms with Crippen LogP contribution in [0, 0.1) is 5.92 Å². The molecule has 0 amide bonds. The summed E-state index contributed by atoms with van der Waals surface area (Å²) in [4.78, 5) is 18.8. The maximum atomic E-state index is 11.6. The molecule has 134 valence electrons. The number of carboxylic acids is 1. The van der Waals surface area contributed by atoms with Gasteiger partial charge >= 0.3 is 5.97 Å². The van der Waals surface area contributed by atoms with Crippen molar-refractivity contribution < 1.29 is 9.90 Å². The number of nitrogens with one attached hydrogen (secondary N) is 1. The second-order valence-corrected chi connectivity index (χ2v) is 7.21. The van der Waals surface area contributed by atoms with Gasteiger partial charge in [0.1, 0.15) is 5.82 Å². The summed E-state index contributed by atoms with van der Waals surface area (Å²) >= 11 is 0. The third kappa shape index (κ3) is 3.04. The molecule has 0 spiro atoms. The second-order valence-electron chi connectivity index (χ2n) is 7.21. The van der Waals surface area contributed by atoms with Gasteiger partial charge in [-0.1, -0.05) is 13.0 Å². The SMILES string of the molecule is CCc1nc2cccc(C(=O)O)c2n1CCNC1CN2CCC1CC2. The molecule has 1 aromatic carbocycles. The number of hydrogen-bond donors (Lipinski definition) is 2. The molecule has 1 aromatic heterocycles.